The highest BCUT2D eigenvalue weighted by atomic mass is 16.5. The Kier molecular flexibility index (Phi) is 3.72. The molecule has 2 aromatic carbocycles. The first-order valence-electron chi connectivity index (χ1n) is 8.56. The van der Waals surface area contributed by atoms with Gasteiger partial charge in [0.2, 0.25) is 0 Å². The van der Waals surface area contributed by atoms with E-state index in [1.807, 2.05) is 36.4 Å². The number of ether oxygens (including phenoxy) is 1. The summed E-state index contributed by atoms with van der Waals surface area (Å²) in [7, 11) is 0. The zero-order valence-electron chi connectivity index (χ0n) is 13.5. The maximum atomic E-state index is 12.6. The quantitative estimate of drug-likeness (QED) is 0.768. The molecule has 0 N–H and O–H groups in total. The third-order valence-corrected chi connectivity index (χ3v) is 5.33. The van der Waals surface area contributed by atoms with Crippen molar-refractivity contribution in [3.05, 3.63) is 54.1 Å². The van der Waals surface area contributed by atoms with Crippen LogP contribution in [0, 0.1) is 5.92 Å². The maximum absolute atomic E-state index is 12.6. The fraction of sp³-hybridized carbons (Fsp3) is 0.333. The van der Waals surface area contributed by atoms with E-state index >= 15 is 0 Å². The third-order valence-electron chi connectivity index (χ3n) is 5.33. The summed E-state index contributed by atoms with van der Waals surface area (Å²) in [6, 6.07) is 15.9. The molecule has 3 nitrogen and oxygen atoms in total. The van der Waals surface area contributed by atoms with Crippen LogP contribution >= 0.6 is 0 Å². The molecule has 1 aliphatic heterocycles. The Morgan fingerprint density at radius 2 is 1.75 bits per heavy atom. The Hall–Kier alpha value is -2.42. The summed E-state index contributed by atoms with van der Waals surface area (Å²) in [5, 5.41) is 0. The van der Waals surface area contributed by atoms with Gasteiger partial charge in [-0.2, -0.15) is 0 Å². The average molecular weight is 320 g/mol. The normalized spacial score (nSPS) is 25.8. The van der Waals surface area contributed by atoms with Gasteiger partial charge in [-0.3, -0.25) is 4.79 Å². The summed E-state index contributed by atoms with van der Waals surface area (Å²) in [5.41, 5.74) is 2.43. The van der Waals surface area contributed by atoms with Gasteiger partial charge in [-0.25, -0.2) is 0 Å². The molecule has 0 amide bonds. The number of fused-ring (bicyclic) bond motifs is 1. The molecular formula is C21H20O3. The number of benzene rings is 2. The van der Waals surface area contributed by atoms with Crippen molar-refractivity contribution in [1.29, 1.82) is 0 Å². The molecule has 1 fully saturated rings. The van der Waals surface area contributed by atoms with Crippen molar-refractivity contribution in [3.63, 3.8) is 0 Å². The lowest BCUT2D eigenvalue weighted by Gasteiger charge is -2.42. The van der Waals surface area contributed by atoms with Gasteiger partial charge in [-0.1, -0.05) is 36.4 Å². The van der Waals surface area contributed by atoms with E-state index in [0.717, 1.165) is 43.1 Å². The van der Waals surface area contributed by atoms with Gasteiger partial charge in [0, 0.05) is 5.92 Å². The van der Waals surface area contributed by atoms with E-state index in [0.29, 0.717) is 17.7 Å². The molecule has 1 saturated carbocycles. The minimum absolute atomic E-state index is 0.117. The Morgan fingerprint density at radius 1 is 1.00 bits per heavy atom. The zero-order chi connectivity index (χ0) is 16.6. The van der Waals surface area contributed by atoms with Gasteiger partial charge >= 0.3 is 0 Å². The lowest BCUT2D eigenvalue weighted by molar-refractivity contribution is -0.113. The van der Waals surface area contributed by atoms with Crippen molar-refractivity contribution in [1.82, 2.24) is 0 Å². The van der Waals surface area contributed by atoms with E-state index in [2.05, 4.69) is 12.1 Å². The van der Waals surface area contributed by atoms with Gasteiger partial charge in [0.15, 0.2) is 5.78 Å². The predicted molar refractivity (Wildman–Crippen MR) is 92.2 cm³/mol. The van der Waals surface area contributed by atoms with E-state index in [4.69, 9.17) is 4.74 Å². The first-order chi connectivity index (χ1) is 11.7. The van der Waals surface area contributed by atoms with Crippen molar-refractivity contribution in [2.75, 3.05) is 0 Å². The molecular weight excluding hydrogens is 300 g/mol. The lowest BCUT2D eigenvalue weighted by Crippen LogP contribution is -2.45. The van der Waals surface area contributed by atoms with Crippen LogP contribution in [0.3, 0.4) is 0 Å². The number of carbonyl (C=O) groups excluding carboxylic acids is 2. The molecule has 0 saturated heterocycles. The minimum Gasteiger partial charge on any atom is -0.486 e. The molecule has 3 heteroatoms. The molecule has 0 bridgehead atoms. The SMILES string of the molecule is O=CC1CCC2(CC1)CC(=O)c1ccc(-c3ccccc3)cc1O2. The van der Waals surface area contributed by atoms with Gasteiger partial charge in [0.05, 0.1) is 12.0 Å². The van der Waals surface area contributed by atoms with Crippen LogP contribution in [0.5, 0.6) is 5.75 Å². The van der Waals surface area contributed by atoms with Crippen LogP contribution in [0.2, 0.25) is 0 Å². The van der Waals surface area contributed by atoms with E-state index in [1.165, 1.54) is 0 Å². The summed E-state index contributed by atoms with van der Waals surface area (Å²) < 4.78 is 6.35. The fourth-order valence-corrected chi connectivity index (χ4v) is 3.89. The summed E-state index contributed by atoms with van der Waals surface area (Å²) in [6.45, 7) is 0. The first-order valence-corrected chi connectivity index (χ1v) is 8.56. The molecule has 2 aliphatic rings. The Labute approximate surface area is 141 Å². The molecule has 122 valence electrons. The van der Waals surface area contributed by atoms with Crippen LogP contribution in [-0.2, 0) is 4.79 Å². The van der Waals surface area contributed by atoms with Gasteiger partial charge in [-0.05, 0) is 48.9 Å². The number of ketones is 1. The van der Waals surface area contributed by atoms with E-state index in [1.54, 1.807) is 0 Å². The second kappa shape index (κ2) is 5.90. The molecule has 1 spiro atoms. The van der Waals surface area contributed by atoms with Crippen molar-refractivity contribution in [3.8, 4) is 16.9 Å². The molecule has 1 aliphatic carbocycles. The molecule has 0 atom stereocenters. The predicted octanol–water partition coefficient (Wildman–Crippen LogP) is 4.45. The Balaban J connectivity index is 1.66. The molecule has 0 radical (unpaired) electrons. The van der Waals surface area contributed by atoms with Crippen LogP contribution in [0.25, 0.3) is 11.1 Å². The van der Waals surface area contributed by atoms with Crippen LogP contribution in [0.4, 0.5) is 0 Å². The zero-order valence-corrected chi connectivity index (χ0v) is 13.5. The molecule has 1 heterocycles. The largest absolute Gasteiger partial charge is 0.486 e. The third kappa shape index (κ3) is 2.64. The van der Waals surface area contributed by atoms with Crippen molar-refractivity contribution < 1.29 is 14.3 Å². The van der Waals surface area contributed by atoms with Crippen molar-refractivity contribution in [2.24, 2.45) is 5.92 Å². The number of carbonyl (C=O) groups is 2. The highest BCUT2D eigenvalue weighted by Gasteiger charge is 2.43. The summed E-state index contributed by atoms with van der Waals surface area (Å²) in [4.78, 5) is 23.6. The van der Waals surface area contributed by atoms with Gasteiger partial charge in [0.25, 0.3) is 0 Å². The topological polar surface area (TPSA) is 43.4 Å². The van der Waals surface area contributed by atoms with Crippen LogP contribution < -0.4 is 4.74 Å². The maximum Gasteiger partial charge on any atom is 0.170 e. The van der Waals surface area contributed by atoms with Crippen LogP contribution in [0.1, 0.15) is 42.5 Å². The second-order valence-corrected chi connectivity index (χ2v) is 6.94. The molecule has 4 rings (SSSR count). The summed E-state index contributed by atoms with van der Waals surface area (Å²) in [6.07, 6.45) is 4.64. The smallest absolute Gasteiger partial charge is 0.170 e. The Morgan fingerprint density at radius 3 is 2.46 bits per heavy atom. The van der Waals surface area contributed by atoms with E-state index in [-0.39, 0.29) is 11.7 Å². The minimum atomic E-state index is -0.418. The molecule has 2 aromatic rings. The number of hydrogen-bond donors (Lipinski definition) is 0. The molecule has 0 unspecified atom stereocenters. The molecule has 0 aromatic heterocycles. The second-order valence-electron chi connectivity index (χ2n) is 6.94. The number of hydrogen-bond acceptors (Lipinski definition) is 3. The highest BCUT2D eigenvalue weighted by Crippen LogP contribution is 2.43. The van der Waals surface area contributed by atoms with Crippen molar-refractivity contribution >= 4 is 12.1 Å². The Bertz CT molecular complexity index is 771. The van der Waals surface area contributed by atoms with Gasteiger partial charge in [-0.15, -0.1) is 0 Å². The fourth-order valence-electron chi connectivity index (χ4n) is 3.89. The number of Topliss-reactive ketones (excluding diaryl/α,β-unsaturated/α-hetero) is 1. The van der Waals surface area contributed by atoms with Crippen LogP contribution in [-0.4, -0.2) is 17.7 Å². The monoisotopic (exact) mass is 320 g/mol. The van der Waals surface area contributed by atoms with Gasteiger partial charge < -0.3 is 9.53 Å². The van der Waals surface area contributed by atoms with Gasteiger partial charge in [0.1, 0.15) is 17.6 Å². The average Bonchev–Trinajstić information content (AvgIpc) is 2.62. The van der Waals surface area contributed by atoms with Crippen LogP contribution in [0.15, 0.2) is 48.5 Å². The lowest BCUT2D eigenvalue weighted by atomic mass is 9.74. The summed E-state index contributed by atoms with van der Waals surface area (Å²) in [5.74, 6) is 0.962. The van der Waals surface area contributed by atoms with E-state index in [9.17, 15) is 9.59 Å². The highest BCUT2D eigenvalue weighted by molar-refractivity contribution is 6.01. The summed E-state index contributed by atoms with van der Waals surface area (Å²) >= 11 is 0. The standard InChI is InChI=1S/C21H20O3/c22-14-15-8-10-21(11-9-15)13-19(23)18-7-6-17(12-20(18)24-21)16-4-2-1-3-5-16/h1-7,12,14-15H,8-11,13H2. The number of aldehydes is 1. The van der Waals surface area contributed by atoms with E-state index < -0.39 is 5.60 Å². The molecule has 24 heavy (non-hydrogen) atoms. The van der Waals surface area contributed by atoms with Crippen molar-refractivity contribution in [2.45, 2.75) is 37.7 Å². The number of rotatable bonds is 2. The first kappa shape index (κ1) is 15.1.